The third kappa shape index (κ3) is 3.57. The zero-order valence-corrected chi connectivity index (χ0v) is 13.3. The van der Waals surface area contributed by atoms with Crippen LogP contribution in [-0.4, -0.2) is 36.6 Å². The molecule has 0 radical (unpaired) electrons. The summed E-state index contributed by atoms with van der Waals surface area (Å²) in [5, 5.41) is 18.2. The van der Waals surface area contributed by atoms with E-state index >= 15 is 0 Å². The third-order valence-corrected chi connectivity index (χ3v) is 8.96. The van der Waals surface area contributed by atoms with E-state index in [1.54, 1.807) is 0 Å². The van der Waals surface area contributed by atoms with Gasteiger partial charge >= 0.3 is 11.9 Å². The van der Waals surface area contributed by atoms with E-state index in [4.69, 9.17) is 14.6 Å². The number of aliphatic carboxylic acids is 2. The molecule has 0 heterocycles. The second-order valence-electron chi connectivity index (χ2n) is 6.86. The Morgan fingerprint density at radius 2 is 1.42 bits per heavy atom. The Morgan fingerprint density at radius 3 is 1.68 bits per heavy atom. The van der Waals surface area contributed by atoms with Crippen LogP contribution in [0.15, 0.2) is 0 Å². The van der Waals surface area contributed by atoms with E-state index in [1.165, 1.54) is 0 Å². The quantitative estimate of drug-likeness (QED) is 0.777. The van der Waals surface area contributed by atoms with Gasteiger partial charge in [0.2, 0.25) is 0 Å². The van der Waals surface area contributed by atoms with Crippen LogP contribution in [0, 0.1) is 11.8 Å². The van der Waals surface area contributed by atoms with Crippen LogP contribution in [0.25, 0.3) is 0 Å². The van der Waals surface area contributed by atoms with Crippen LogP contribution in [0.3, 0.4) is 0 Å². The molecule has 0 aromatic heterocycles. The lowest BCUT2D eigenvalue weighted by atomic mass is 9.97. The highest BCUT2D eigenvalue weighted by Crippen LogP contribution is 2.42. The smallest absolute Gasteiger partial charge is 0.307 e. The van der Waals surface area contributed by atoms with E-state index in [0.29, 0.717) is 12.8 Å². The Balaban J connectivity index is 2.79. The summed E-state index contributed by atoms with van der Waals surface area (Å²) in [5.74, 6) is -3.72. The normalized spacial score (nSPS) is 25.5. The fraction of sp³-hybridized carbons (Fsp3) is 0.846. The minimum absolute atomic E-state index is 0.0348. The summed E-state index contributed by atoms with van der Waals surface area (Å²) in [6.07, 6.45) is 0.362. The average Bonchev–Trinajstić information content (AvgIpc) is 2.59. The molecule has 5 nitrogen and oxygen atoms in total. The Hall–Kier alpha value is -0.883. The Labute approximate surface area is 115 Å². The van der Waals surface area contributed by atoms with Crippen molar-refractivity contribution in [1.29, 1.82) is 0 Å². The van der Waals surface area contributed by atoms with E-state index in [-0.39, 0.29) is 11.1 Å². The first-order valence-corrected chi connectivity index (χ1v) is 9.50. The molecule has 0 aromatic rings. The monoisotopic (exact) mass is 288 g/mol. The van der Waals surface area contributed by atoms with Crippen LogP contribution in [0.1, 0.15) is 33.6 Å². The van der Waals surface area contributed by atoms with Gasteiger partial charge in [-0.15, -0.1) is 0 Å². The molecule has 1 saturated carbocycles. The van der Waals surface area contributed by atoms with Crippen LogP contribution < -0.4 is 0 Å². The number of carboxylic acids is 2. The van der Waals surface area contributed by atoms with Crippen molar-refractivity contribution in [3.05, 3.63) is 0 Å². The molecule has 0 aromatic carbocycles. The molecule has 0 bridgehead atoms. The maximum Gasteiger partial charge on any atom is 0.307 e. The standard InChI is InChI=1S/C13H24O5Si/c1-13(2,3)19(4,5)18-8-6-9(11(14)15)10(7-8)12(16)17/h8-10H,6-7H2,1-5H3,(H,14,15)(H,16,17)/t9-,10-/m1/s1. The molecule has 2 N–H and O–H groups in total. The number of carbonyl (C=O) groups is 2. The van der Waals surface area contributed by atoms with Gasteiger partial charge in [0.15, 0.2) is 8.32 Å². The highest BCUT2D eigenvalue weighted by Gasteiger charge is 2.47. The summed E-state index contributed by atoms with van der Waals surface area (Å²) in [6, 6.07) is 0. The Bertz CT molecular complexity index is 350. The first-order valence-electron chi connectivity index (χ1n) is 6.59. The molecular weight excluding hydrogens is 264 g/mol. The van der Waals surface area contributed by atoms with Crippen molar-refractivity contribution in [2.75, 3.05) is 0 Å². The average molecular weight is 288 g/mol. The van der Waals surface area contributed by atoms with Crippen LogP contribution in [0.4, 0.5) is 0 Å². The van der Waals surface area contributed by atoms with Gasteiger partial charge in [0.05, 0.1) is 11.8 Å². The number of rotatable bonds is 4. The third-order valence-electron chi connectivity index (χ3n) is 4.42. The Kier molecular flexibility index (Phi) is 4.46. The van der Waals surface area contributed by atoms with Crippen molar-refractivity contribution < 1.29 is 24.2 Å². The highest BCUT2D eigenvalue weighted by molar-refractivity contribution is 6.74. The summed E-state index contributed by atoms with van der Waals surface area (Å²) in [7, 11) is -1.98. The molecule has 1 fully saturated rings. The second kappa shape index (κ2) is 5.24. The van der Waals surface area contributed by atoms with Gasteiger partial charge in [-0.1, -0.05) is 20.8 Å². The minimum atomic E-state index is -1.98. The van der Waals surface area contributed by atoms with Gasteiger partial charge < -0.3 is 14.6 Å². The van der Waals surface area contributed by atoms with Gasteiger partial charge in [-0.3, -0.25) is 9.59 Å². The van der Waals surface area contributed by atoms with Gasteiger partial charge in [0, 0.05) is 6.10 Å². The molecule has 110 valence electrons. The molecular formula is C13H24O5Si. The predicted octanol–water partition coefficient (Wildman–Crippen LogP) is 2.57. The lowest BCUT2D eigenvalue weighted by molar-refractivity contribution is -0.152. The van der Waals surface area contributed by atoms with Gasteiger partial charge in [0.25, 0.3) is 0 Å². The summed E-state index contributed by atoms with van der Waals surface area (Å²) < 4.78 is 6.14. The molecule has 1 aliphatic carbocycles. The molecule has 0 aliphatic heterocycles. The van der Waals surface area contributed by atoms with Gasteiger partial charge in [-0.2, -0.15) is 0 Å². The fourth-order valence-corrected chi connectivity index (χ4v) is 3.61. The van der Waals surface area contributed by atoms with Crippen molar-refractivity contribution in [3.63, 3.8) is 0 Å². The lowest BCUT2D eigenvalue weighted by Gasteiger charge is -2.38. The van der Waals surface area contributed by atoms with E-state index in [1.807, 2.05) is 0 Å². The molecule has 0 unspecified atom stereocenters. The van der Waals surface area contributed by atoms with Crippen LogP contribution in [0.5, 0.6) is 0 Å². The molecule has 6 heteroatoms. The molecule has 2 atom stereocenters. The van der Waals surface area contributed by atoms with Crippen molar-refractivity contribution in [2.24, 2.45) is 11.8 Å². The SMILES string of the molecule is CC(C)(C)[Si](C)(C)OC1C[C@@H](C(=O)O)[C@H](C(=O)O)C1. The molecule has 0 amide bonds. The van der Waals surface area contributed by atoms with Crippen molar-refractivity contribution in [3.8, 4) is 0 Å². The first-order chi connectivity index (χ1) is 8.45. The van der Waals surface area contributed by atoms with Crippen molar-refractivity contribution in [1.82, 2.24) is 0 Å². The number of hydrogen-bond acceptors (Lipinski definition) is 3. The van der Waals surface area contributed by atoms with Crippen molar-refractivity contribution >= 4 is 20.3 Å². The van der Waals surface area contributed by atoms with Crippen LogP contribution in [0.2, 0.25) is 18.1 Å². The van der Waals surface area contributed by atoms with Gasteiger partial charge in [0.1, 0.15) is 0 Å². The topological polar surface area (TPSA) is 83.8 Å². The zero-order chi connectivity index (χ0) is 15.0. The van der Waals surface area contributed by atoms with Crippen molar-refractivity contribution in [2.45, 2.75) is 57.8 Å². The lowest BCUT2D eigenvalue weighted by Crippen LogP contribution is -2.43. The highest BCUT2D eigenvalue weighted by atomic mass is 28.4. The maximum absolute atomic E-state index is 11.1. The van der Waals surface area contributed by atoms with E-state index in [0.717, 1.165) is 0 Å². The minimum Gasteiger partial charge on any atom is -0.481 e. The molecule has 19 heavy (non-hydrogen) atoms. The first kappa shape index (κ1) is 16.2. The largest absolute Gasteiger partial charge is 0.481 e. The van der Waals surface area contributed by atoms with Crippen LogP contribution in [-0.2, 0) is 14.0 Å². The molecule has 1 rings (SSSR count). The van der Waals surface area contributed by atoms with E-state index in [9.17, 15) is 9.59 Å². The number of carboxylic acid groups (broad SMARTS) is 2. The Morgan fingerprint density at radius 1 is 1.05 bits per heavy atom. The molecule has 0 spiro atoms. The predicted molar refractivity (Wildman–Crippen MR) is 73.6 cm³/mol. The van der Waals surface area contributed by atoms with E-state index in [2.05, 4.69) is 33.9 Å². The molecule has 1 aliphatic rings. The number of hydrogen-bond donors (Lipinski definition) is 2. The summed E-state index contributed by atoms with van der Waals surface area (Å²) in [5.41, 5.74) is 0. The fourth-order valence-electron chi connectivity index (χ4n) is 2.23. The summed E-state index contributed by atoms with van der Waals surface area (Å²) in [4.78, 5) is 22.2. The van der Waals surface area contributed by atoms with E-state index < -0.39 is 32.1 Å². The summed E-state index contributed by atoms with van der Waals surface area (Å²) >= 11 is 0. The van der Waals surface area contributed by atoms with Crippen LogP contribution >= 0.6 is 0 Å². The summed E-state index contributed by atoms with van der Waals surface area (Å²) in [6.45, 7) is 10.5. The molecule has 0 saturated heterocycles. The second-order valence-corrected chi connectivity index (χ2v) is 11.6. The van der Waals surface area contributed by atoms with Gasteiger partial charge in [-0.25, -0.2) is 0 Å². The maximum atomic E-state index is 11.1. The van der Waals surface area contributed by atoms with Gasteiger partial charge in [-0.05, 0) is 31.0 Å². The zero-order valence-electron chi connectivity index (χ0n) is 12.3.